The van der Waals surface area contributed by atoms with Crippen LogP contribution in [0.25, 0.3) is 11.2 Å². The molecule has 23 heavy (non-hydrogen) atoms. The standard InChI is InChI=1S/C14H11BrN4O2S2/c15-9-1-3-11(4-2-9)23(20,21)6-10-5-22-14-12-13(16-7-17-14)18-8-19(10)12/h1-4,7-8,10H,5-6H2. The highest BCUT2D eigenvalue weighted by Crippen LogP contribution is 2.35. The van der Waals surface area contributed by atoms with Gasteiger partial charge in [0.2, 0.25) is 0 Å². The molecule has 0 saturated carbocycles. The number of hydrogen-bond acceptors (Lipinski definition) is 6. The molecule has 4 rings (SSSR count). The Bertz CT molecular complexity index is 986. The van der Waals surface area contributed by atoms with Gasteiger partial charge in [0.25, 0.3) is 0 Å². The van der Waals surface area contributed by atoms with E-state index in [0.717, 1.165) is 15.0 Å². The molecular formula is C14H11BrN4O2S2. The number of sulfone groups is 1. The van der Waals surface area contributed by atoms with E-state index in [2.05, 4.69) is 30.9 Å². The monoisotopic (exact) mass is 410 g/mol. The van der Waals surface area contributed by atoms with Crippen LogP contribution in [0.15, 0.2) is 51.3 Å². The van der Waals surface area contributed by atoms with Crippen molar-refractivity contribution in [1.82, 2.24) is 19.5 Å². The van der Waals surface area contributed by atoms with E-state index in [-0.39, 0.29) is 11.8 Å². The van der Waals surface area contributed by atoms with Crippen molar-refractivity contribution in [1.29, 1.82) is 0 Å². The Labute approximate surface area is 145 Å². The summed E-state index contributed by atoms with van der Waals surface area (Å²) < 4.78 is 28.1. The molecular weight excluding hydrogens is 400 g/mol. The first-order valence-electron chi connectivity index (χ1n) is 6.83. The summed E-state index contributed by atoms with van der Waals surface area (Å²) in [5, 5.41) is 0.852. The summed E-state index contributed by atoms with van der Waals surface area (Å²) in [6.45, 7) is 0. The van der Waals surface area contributed by atoms with Crippen LogP contribution in [0.5, 0.6) is 0 Å². The lowest BCUT2D eigenvalue weighted by atomic mass is 10.3. The lowest BCUT2D eigenvalue weighted by molar-refractivity contribution is 0.563. The van der Waals surface area contributed by atoms with Crippen LogP contribution in [-0.2, 0) is 9.84 Å². The highest BCUT2D eigenvalue weighted by atomic mass is 79.9. The SMILES string of the molecule is O=S(=O)(CC1CSc2ncnc3ncn1c23)c1ccc(Br)cc1. The molecule has 0 saturated heterocycles. The minimum atomic E-state index is -3.38. The van der Waals surface area contributed by atoms with Crippen LogP contribution in [0.4, 0.5) is 0 Å². The Hall–Kier alpha value is -1.45. The Balaban J connectivity index is 1.71. The summed E-state index contributed by atoms with van der Waals surface area (Å²) in [6.07, 6.45) is 3.14. The number of imidazole rings is 1. The third-order valence-electron chi connectivity index (χ3n) is 3.72. The predicted molar refractivity (Wildman–Crippen MR) is 91.3 cm³/mol. The molecule has 118 valence electrons. The molecule has 0 fully saturated rings. The normalized spacial score (nSPS) is 17.5. The van der Waals surface area contributed by atoms with E-state index in [1.54, 1.807) is 42.4 Å². The van der Waals surface area contributed by atoms with E-state index in [1.807, 2.05) is 4.57 Å². The largest absolute Gasteiger partial charge is 0.322 e. The number of rotatable bonds is 3. The van der Waals surface area contributed by atoms with Gasteiger partial charge in [-0.3, -0.25) is 0 Å². The fourth-order valence-electron chi connectivity index (χ4n) is 2.61. The number of hydrogen-bond donors (Lipinski definition) is 0. The lowest BCUT2D eigenvalue weighted by Crippen LogP contribution is -2.24. The molecule has 1 unspecified atom stereocenters. The van der Waals surface area contributed by atoms with Crippen molar-refractivity contribution in [2.75, 3.05) is 11.5 Å². The van der Waals surface area contributed by atoms with Crippen LogP contribution in [0, 0.1) is 0 Å². The van der Waals surface area contributed by atoms with Crippen molar-refractivity contribution >= 4 is 48.7 Å². The van der Waals surface area contributed by atoms with Gasteiger partial charge in [-0.25, -0.2) is 23.4 Å². The summed E-state index contributed by atoms with van der Waals surface area (Å²) >= 11 is 4.87. The molecule has 6 nitrogen and oxygen atoms in total. The summed E-state index contributed by atoms with van der Waals surface area (Å²) in [7, 11) is -3.38. The number of benzene rings is 1. The lowest BCUT2D eigenvalue weighted by Gasteiger charge is -2.23. The molecule has 1 aromatic carbocycles. The van der Waals surface area contributed by atoms with Crippen LogP contribution in [-0.4, -0.2) is 39.4 Å². The summed E-state index contributed by atoms with van der Waals surface area (Å²) in [6, 6.07) is 6.53. The molecule has 0 spiro atoms. The molecule has 3 heterocycles. The second-order valence-corrected chi connectivity index (χ2v) is 9.16. The molecule has 2 aromatic heterocycles. The van der Waals surface area contributed by atoms with Crippen LogP contribution < -0.4 is 0 Å². The third-order valence-corrected chi connectivity index (χ3v) is 7.19. The first-order valence-corrected chi connectivity index (χ1v) is 10.3. The third kappa shape index (κ3) is 2.66. The number of halogens is 1. The molecule has 0 bridgehead atoms. The van der Waals surface area contributed by atoms with Gasteiger partial charge < -0.3 is 4.57 Å². The first-order chi connectivity index (χ1) is 11.0. The Morgan fingerprint density at radius 1 is 1.22 bits per heavy atom. The fourth-order valence-corrected chi connectivity index (χ4v) is 5.63. The second kappa shape index (κ2) is 5.57. The zero-order valence-electron chi connectivity index (χ0n) is 11.8. The van der Waals surface area contributed by atoms with Crippen LogP contribution in [0.2, 0.25) is 0 Å². The van der Waals surface area contributed by atoms with Gasteiger partial charge in [0.15, 0.2) is 15.5 Å². The molecule has 0 aliphatic carbocycles. The van der Waals surface area contributed by atoms with Crippen LogP contribution in [0.1, 0.15) is 6.04 Å². The molecule has 0 radical (unpaired) electrons. The number of aromatic nitrogens is 4. The summed E-state index contributed by atoms with van der Waals surface area (Å²) in [5.41, 5.74) is 1.42. The van der Waals surface area contributed by atoms with Crippen LogP contribution in [0.3, 0.4) is 0 Å². The quantitative estimate of drug-likeness (QED) is 0.617. The van der Waals surface area contributed by atoms with Gasteiger partial charge in [0, 0.05) is 10.2 Å². The van der Waals surface area contributed by atoms with Crippen molar-refractivity contribution in [3.63, 3.8) is 0 Å². The summed E-state index contributed by atoms with van der Waals surface area (Å²) in [5.74, 6) is 0.673. The van der Waals surface area contributed by atoms with E-state index in [9.17, 15) is 8.42 Å². The van der Waals surface area contributed by atoms with Gasteiger partial charge in [-0.2, -0.15) is 0 Å². The predicted octanol–water partition coefficient (Wildman–Crippen LogP) is 2.71. The average molecular weight is 411 g/mol. The van der Waals surface area contributed by atoms with Crippen molar-refractivity contribution < 1.29 is 8.42 Å². The van der Waals surface area contributed by atoms with Crippen molar-refractivity contribution in [3.05, 3.63) is 41.4 Å². The van der Waals surface area contributed by atoms with Crippen molar-refractivity contribution in [3.8, 4) is 0 Å². The molecule has 1 aliphatic rings. The molecule has 9 heteroatoms. The van der Waals surface area contributed by atoms with Crippen molar-refractivity contribution in [2.45, 2.75) is 16.0 Å². The zero-order valence-corrected chi connectivity index (χ0v) is 15.0. The Morgan fingerprint density at radius 3 is 2.78 bits per heavy atom. The topological polar surface area (TPSA) is 77.7 Å². The smallest absolute Gasteiger partial charge is 0.181 e. The van der Waals surface area contributed by atoms with Gasteiger partial charge in [0.1, 0.15) is 16.9 Å². The first kappa shape index (κ1) is 15.1. The number of thioether (sulfide) groups is 1. The second-order valence-electron chi connectivity index (χ2n) is 5.20. The maximum atomic E-state index is 12.7. The minimum absolute atomic E-state index is 0.0292. The molecule has 1 atom stereocenters. The van der Waals surface area contributed by atoms with E-state index < -0.39 is 9.84 Å². The summed E-state index contributed by atoms with van der Waals surface area (Å²) in [4.78, 5) is 13.0. The maximum absolute atomic E-state index is 12.7. The fraction of sp³-hybridized carbons (Fsp3) is 0.214. The average Bonchev–Trinajstić information content (AvgIpc) is 2.97. The molecule has 1 aliphatic heterocycles. The minimum Gasteiger partial charge on any atom is -0.322 e. The van der Waals surface area contributed by atoms with E-state index in [1.165, 1.54) is 6.33 Å². The van der Waals surface area contributed by atoms with E-state index in [0.29, 0.717) is 16.3 Å². The highest BCUT2D eigenvalue weighted by Gasteiger charge is 2.29. The van der Waals surface area contributed by atoms with E-state index in [4.69, 9.17) is 0 Å². The van der Waals surface area contributed by atoms with Gasteiger partial charge in [-0.1, -0.05) is 15.9 Å². The molecule has 0 amide bonds. The molecule has 0 N–H and O–H groups in total. The number of nitrogens with zero attached hydrogens (tertiary/aromatic N) is 4. The maximum Gasteiger partial charge on any atom is 0.181 e. The zero-order chi connectivity index (χ0) is 16.0. The van der Waals surface area contributed by atoms with E-state index >= 15 is 0 Å². The molecule has 3 aromatic rings. The Kier molecular flexibility index (Phi) is 3.66. The van der Waals surface area contributed by atoms with Gasteiger partial charge in [0.05, 0.1) is 23.0 Å². The van der Waals surface area contributed by atoms with Gasteiger partial charge in [-0.05, 0) is 24.3 Å². The van der Waals surface area contributed by atoms with Crippen LogP contribution >= 0.6 is 27.7 Å². The van der Waals surface area contributed by atoms with Crippen molar-refractivity contribution in [2.24, 2.45) is 0 Å². The van der Waals surface area contributed by atoms with Gasteiger partial charge in [-0.15, -0.1) is 11.8 Å². The highest BCUT2D eigenvalue weighted by molar-refractivity contribution is 9.10. The Morgan fingerprint density at radius 2 is 2.00 bits per heavy atom. The van der Waals surface area contributed by atoms with Gasteiger partial charge >= 0.3 is 0 Å².